The van der Waals surface area contributed by atoms with Crippen LogP contribution in [0.3, 0.4) is 0 Å². The van der Waals surface area contributed by atoms with Crippen molar-refractivity contribution in [2.24, 2.45) is 0 Å². The van der Waals surface area contributed by atoms with Gasteiger partial charge in [0.15, 0.2) is 0 Å². The van der Waals surface area contributed by atoms with E-state index in [0.29, 0.717) is 6.10 Å². The number of hydrogen-bond donors (Lipinski definition) is 0. The minimum atomic E-state index is 0.556. The van der Waals surface area contributed by atoms with Crippen LogP contribution in [-0.2, 0) is 4.74 Å². The first-order valence-electron chi connectivity index (χ1n) is 5.26. The highest BCUT2D eigenvalue weighted by Crippen LogP contribution is 2.17. The van der Waals surface area contributed by atoms with E-state index >= 15 is 0 Å². The topological polar surface area (TPSA) is 19.0 Å². The van der Waals surface area contributed by atoms with Crippen LogP contribution in [0.25, 0.3) is 0 Å². The molecule has 3 heteroatoms. The van der Waals surface area contributed by atoms with Gasteiger partial charge >= 0.3 is 0 Å². The molecule has 2 saturated heterocycles. The summed E-state index contributed by atoms with van der Waals surface area (Å²) in [4.78, 5) is 4.89. The van der Waals surface area contributed by atoms with Crippen LogP contribution in [0.1, 0.15) is 12.8 Å². The maximum atomic E-state index is 5.25. The molecule has 0 amide bonds. The third-order valence-electron chi connectivity index (χ3n) is 3.08. The minimum absolute atomic E-state index is 0.556. The fourth-order valence-corrected chi connectivity index (χ4v) is 2.08. The Balaban J connectivity index is 1.77. The smallest absolute Gasteiger partial charge is 0.0936 e. The predicted octanol–water partition coefficient (Wildman–Crippen LogP) is 0.411. The first-order valence-corrected chi connectivity index (χ1v) is 5.26. The minimum Gasteiger partial charge on any atom is -0.372 e. The van der Waals surface area contributed by atoms with E-state index in [9.17, 15) is 0 Å². The fraction of sp³-hybridized carbons (Fsp3) is 1.00. The van der Waals surface area contributed by atoms with Crippen molar-refractivity contribution in [3.05, 3.63) is 0 Å². The van der Waals surface area contributed by atoms with E-state index < -0.39 is 0 Å². The standard InChI is InChI=1S/C10H20N2O/c1-11(2)9-4-3-5-12(6-9)7-10-8-13-10/h9-10H,3-8H2,1-2H3. The van der Waals surface area contributed by atoms with Crippen LogP contribution >= 0.6 is 0 Å². The van der Waals surface area contributed by atoms with E-state index in [1.807, 2.05) is 0 Å². The highest BCUT2D eigenvalue weighted by atomic mass is 16.6. The van der Waals surface area contributed by atoms with Crippen LogP contribution in [0.5, 0.6) is 0 Å². The lowest BCUT2D eigenvalue weighted by Gasteiger charge is -2.35. The summed E-state index contributed by atoms with van der Waals surface area (Å²) >= 11 is 0. The number of hydrogen-bond acceptors (Lipinski definition) is 3. The maximum absolute atomic E-state index is 5.25. The van der Waals surface area contributed by atoms with Gasteiger partial charge in [-0.3, -0.25) is 4.90 Å². The molecule has 2 rings (SSSR count). The van der Waals surface area contributed by atoms with Gasteiger partial charge in [-0.1, -0.05) is 0 Å². The van der Waals surface area contributed by atoms with Crippen molar-refractivity contribution in [1.29, 1.82) is 0 Å². The Bertz CT molecular complexity index is 168. The van der Waals surface area contributed by atoms with Gasteiger partial charge in [0.25, 0.3) is 0 Å². The van der Waals surface area contributed by atoms with Crippen molar-refractivity contribution in [2.75, 3.05) is 40.3 Å². The quantitative estimate of drug-likeness (QED) is 0.592. The number of epoxide rings is 1. The van der Waals surface area contributed by atoms with Crippen molar-refractivity contribution >= 4 is 0 Å². The molecule has 0 aliphatic carbocycles. The summed E-state index contributed by atoms with van der Waals surface area (Å²) in [6.45, 7) is 4.64. The molecule has 2 aliphatic heterocycles. The van der Waals surface area contributed by atoms with Gasteiger partial charge in [-0.25, -0.2) is 0 Å². The Morgan fingerprint density at radius 1 is 1.46 bits per heavy atom. The van der Waals surface area contributed by atoms with Gasteiger partial charge in [-0.2, -0.15) is 0 Å². The van der Waals surface area contributed by atoms with E-state index in [4.69, 9.17) is 4.74 Å². The zero-order chi connectivity index (χ0) is 9.26. The molecule has 2 aliphatic rings. The number of rotatable bonds is 3. The van der Waals surface area contributed by atoms with Gasteiger partial charge in [-0.05, 0) is 33.5 Å². The molecule has 0 radical (unpaired) electrons. The summed E-state index contributed by atoms with van der Waals surface area (Å²) in [7, 11) is 4.36. The van der Waals surface area contributed by atoms with Crippen molar-refractivity contribution in [3.8, 4) is 0 Å². The lowest BCUT2D eigenvalue weighted by molar-refractivity contribution is 0.125. The van der Waals surface area contributed by atoms with Crippen LogP contribution in [0.2, 0.25) is 0 Å². The molecule has 0 aromatic carbocycles. The summed E-state index contributed by atoms with van der Waals surface area (Å²) in [5, 5.41) is 0. The van der Waals surface area contributed by atoms with E-state index in [2.05, 4.69) is 23.9 Å². The van der Waals surface area contributed by atoms with E-state index in [-0.39, 0.29) is 0 Å². The van der Waals surface area contributed by atoms with Crippen molar-refractivity contribution < 1.29 is 4.74 Å². The molecule has 0 aromatic heterocycles. The summed E-state index contributed by atoms with van der Waals surface area (Å²) in [6, 6.07) is 0.757. The number of likely N-dealkylation sites (tertiary alicyclic amines) is 1. The first kappa shape index (κ1) is 9.44. The van der Waals surface area contributed by atoms with Crippen LogP contribution < -0.4 is 0 Å². The van der Waals surface area contributed by atoms with Gasteiger partial charge < -0.3 is 9.64 Å². The molecule has 0 spiro atoms. The lowest BCUT2D eigenvalue weighted by Crippen LogP contribution is -2.46. The highest BCUT2D eigenvalue weighted by Gasteiger charge is 2.28. The molecule has 2 atom stereocenters. The molecule has 2 heterocycles. The molecular weight excluding hydrogens is 164 g/mol. The molecule has 3 nitrogen and oxygen atoms in total. The van der Waals surface area contributed by atoms with Crippen LogP contribution in [-0.4, -0.2) is 62.3 Å². The molecule has 2 fully saturated rings. The normalized spacial score (nSPS) is 35.3. The van der Waals surface area contributed by atoms with E-state index in [1.165, 1.54) is 25.9 Å². The number of nitrogens with zero attached hydrogens (tertiary/aromatic N) is 2. The second-order valence-electron chi connectivity index (χ2n) is 4.47. The summed E-state index contributed by atoms with van der Waals surface area (Å²) in [5.74, 6) is 0. The third-order valence-corrected chi connectivity index (χ3v) is 3.08. The summed E-state index contributed by atoms with van der Waals surface area (Å²) < 4.78 is 5.25. The Morgan fingerprint density at radius 3 is 2.85 bits per heavy atom. The van der Waals surface area contributed by atoms with Crippen molar-refractivity contribution in [1.82, 2.24) is 9.80 Å². The van der Waals surface area contributed by atoms with Crippen LogP contribution in [0.4, 0.5) is 0 Å². The van der Waals surface area contributed by atoms with Crippen LogP contribution in [0.15, 0.2) is 0 Å². The first-order chi connectivity index (χ1) is 6.25. The molecule has 2 unspecified atom stereocenters. The van der Waals surface area contributed by atoms with Gasteiger partial charge in [-0.15, -0.1) is 0 Å². The van der Waals surface area contributed by atoms with Gasteiger partial charge in [0.1, 0.15) is 0 Å². The number of piperidine rings is 1. The fourth-order valence-electron chi connectivity index (χ4n) is 2.08. The molecule has 13 heavy (non-hydrogen) atoms. The monoisotopic (exact) mass is 184 g/mol. The average Bonchev–Trinajstić information content (AvgIpc) is 2.89. The second-order valence-corrected chi connectivity index (χ2v) is 4.47. The summed E-state index contributed by atoms with van der Waals surface area (Å²) in [5.41, 5.74) is 0. The van der Waals surface area contributed by atoms with Gasteiger partial charge in [0, 0.05) is 19.1 Å². The Morgan fingerprint density at radius 2 is 2.23 bits per heavy atom. The SMILES string of the molecule is CN(C)C1CCCN(CC2CO2)C1. The number of ether oxygens (including phenoxy) is 1. The molecule has 0 aromatic rings. The maximum Gasteiger partial charge on any atom is 0.0936 e. The number of likely N-dealkylation sites (N-methyl/N-ethyl adjacent to an activating group) is 1. The largest absolute Gasteiger partial charge is 0.372 e. The molecule has 0 bridgehead atoms. The zero-order valence-electron chi connectivity index (χ0n) is 8.70. The van der Waals surface area contributed by atoms with Crippen molar-refractivity contribution in [3.63, 3.8) is 0 Å². The Kier molecular flexibility index (Phi) is 2.86. The highest BCUT2D eigenvalue weighted by molar-refractivity contribution is 4.82. The predicted molar refractivity (Wildman–Crippen MR) is 52.9 cm³/mol. The average molecular weight is 184 g/mol. The van der Waals surface area contributed by atoms with E-state index in [0.717, 1.165) is 19.2 Å². The Labute approximate surface area is 80.6 Å². The molecule has 0 saturated carbocycles. The zero-order valence-corrected chi connectivity index (χ0v) is 8.70. The Hall–Kier alpha value is -0.120. The van der Waals surface area contributed by atoms with E-state index in [1.54, 1.807) is 0 Å². The third kappa shape index (κ3) is 2.66. The lowest BCUT2D eigenvalue weighted by atomic mass is 10.0. The molecule has 76 valence electrons. The van der Waals surface area contributed by atoms with Gasteiger partial charge in [0.05, 0.1) is 12.7 Å². The second kappa shape index (κ2) is 3.95. The summed E-state index contributed by atoms with van der Waals surface area (Å²) in [6.07, 6.45) is 3.26. The van der Waals surface area contributed by atoms with Gasteiger partial charge in [0.2, 0.25) is 0 Å². The van der Waals surface area contributed by atoms with Crippen molar-refractivity contribution in [2.45, 2.75) is 25.0 Å². The molecular formula is C10H20N2O. The van der Waals surface area contributed by atoms with Crippen LogP contribution in [0, 0.1) is 0 Å². The molecule has 0 N–H and O–H groups in total.